The molecule has 2 saturated heterocycles. The van der Waals surface area contributed by atoms with Crippen LogP contribution < -0.4 is 15.8 Å². The van der Waals surface area contributed by atoms with Crippen LogP contribution in [0.3, 0.4) is 0 Å². The molecule has 2 aromatic carbocycles. The van der Waals surface area contributed by atoms with Crippen LogP contribution in [0.1, 0.15) is 19.8 Å². The van der Waals surface area contributed by atoms with Gasteiger partial charge in [0.2, 0.25) is 5.56 Å². The predicted octanol–water partition coefficient (Wildman–Crippen LogP) is 4.75. The topological polar surface area (TPSA) is 80.8 Å². The van der Waals surface area contributed by atoms with Crippen molar-refractivity contribution in [3.8, 4) is 11.3 Å². The minimum absolute atomic E-state index is 0.0839. The normalized spacial score (nSPS) is 20.5. The molecule has 200 valence electrons. The smallest absolute Gasteiger partial charge is 0.250 e. The Hall–Kier alpha value is -2.43. The summed E-state index contributed by atoms with van der Waals surface area (Å²) in [5.41, 5.74) is 3.88. The first kappa shape index (κ1) is 25.8. The summed E-state index contributed by atoms with van der Waals surface area (Å²) in [6.07, 6.45) is 1.78. The van der Waals surface area contributed by atoms with E-state index in [0.717, 1.165) is 68.2 Å². The van der Waals surface area contributed by atoms with Gasteiger partial charge in [-0.25, -0.2) is 0 Å². The number of hydrogen-bond donors (Lipinski definition) is 3. The summed E-state index contributed by atoms with van der Waals surface area (Å²) >= 11 is 3.55. The Morgan fingerprint density at radius 1 is 1.08 bits per heavy atom. The van der Waals surface area contributed by atoms with Crippen molar-refractivity contribution >= 4 is 34.9 Å². The number of likely N-dealkylation sites (tertiary alicyclic amines) is 1. The number of H-pyrrole nitrogens is 1. The third-order valence-corrected chi connectivity index (χ3v) is 9.87. The first-order valence-electron chi connectivity index (χ1n) is 13.4. The third kappa shape index (κ3) is 5.77. The number of hydrogen-bond acceptors (Lipinski definition) is 8. The number of morpholine rings is 1. The molecule has 3 aliphatic heterocycles. The molecule has 4 heterocycles. The number of piperidine rings is 1. The van der Waals surface area contributed by atoms with Gasteiger partial charge in [0, 0.05) is 74.8 Å². The van der Waals surface area contributed by atoms with Crippen LogP contribution in [0.15, 0.2) is 72.9 Å². The maximum Gasteiger partial charge on any atom is 0.250 e. The van der Waals surface area contributed by atoms with Crippen LogP contribution >= 0.6 is 23.5 Å². The number of anilines is 2. The number of pyridine rings is 1. The van der Waals surface area contributed by atoms with Gasteiger partial charge >= 0.3 is 0 Å². The van der Waals surface area contributed by atoms with Crippen LogP contribution in [-0.4, -0.2) is 73.1 Å². The molecule has 1 aromatic heterocycles. The van der Waals surface area contributed by atoms with Gasteiger partial charge < -0.3 is 25.0 Å². The number of benzene rings is 2. The highest BCUT2D eigenvalue weighted by Gasteiger charge is 2.23. The Morgan fingerprint density at radius 2 is 1.95 bits per heavy atom. The molecule has 3 N–H and O–H groups in total. The second-order valence-corrected chi connectivity index (χ2v) is 12.5. The van der Waals surface area contributed by atoms with Gasteiger partial charge in [-0.15, -0.1) is 0 Å². The molecule has 3 aromatic rings. The van der Waals surface area contributed by atoms with Gasteiger partial charge in [-0.1, -0.05) is 35.7 Å². The van der Waals surface area contributed by atoms with Crippen molar-refractivity contribution in [2.45, 2.75) is 51.5 Å². The van der Waals surface area contributed by atoms with Crippen molar-refractivity contribution < 1.29 is 9.84 Å². The molecule has 38 heavy (non-hydrogen) atoms. The number of β-amino-alcohol motifs (C(OH)–C–C–N with tert-alkyl or cyclic N) is 1. The molecule has 2 unspecified atom stereocenters. The molecular formula is C29H34N4O3S2. The first-order valence-corrected chi connectivity index (χ1v) is 15.0. The molecule has 9 heteroatoms. The molecule has 0 spiro atoms. The summed E-state index contributed by atoms with van der Waals surface area (Å²) in [6, 6.07) is 17.0. The van der Waals surface area contributed by atoms with Crippen molar-refractivity contribution in [2.75, 3.05) is 56.2 Å². The highest BCUT2D eigenvalue weighted by atomic mass is 32.2. The molecule has 2 fully saturated rings. The number of aromatic amines is 1. The molecule has 0 aliphatic carbocycles. The summed E-state index contributed by atoms with van der Waals surface area (Å²) in [4.78, 5) is 25.1. The van der Waals surface area contributed by atoms with E-state index in [2.05, 4.69) is 69.5 Å². The van der Waals surface area contributed by atoms with Gasteiger partial charge in [-0.2, -0.15) is 0 Å². The van der Waals surface area contributed by atoms with Crippen molar-refractivity contribution in [2.24, 2.45) is 0 Å². The van der Waals surface area contributed by atoms with Crippen LogP contribution in [0.25, 0.3) is 11.3 Å². The maximum absolute atomic E-state index is 12.6. The van der Waals surface area contributed by atoms with E-state index in [4.69, 9.17) is 4.74 Å². The highest BCUT2D eigenvalue weighted by Crippen LogP contribution is 2.52. The maximum atomic E-state index is 12.6. The molecule has 2 atom stereocenters. The summed E-state index contributed by atoms with van der Waals surface area (Å²) in [7, 11) is 0. The number of nitrogens with one attached hydrogen (secondary N) is 2. The zero-order chi connectivity index (χ0) is 26.1. The zero-order valence-electron chi connectivity index (χ0n) is 21.6. The lowest BCUT2D eigenvalue weighted by Gasteiger charge is -2.32. The van der Waals surface area contributed by atoms with Gasteiger partial charge in [0.05, 0.1) is 25.0 Å². The van der Waals surface area contributed by atoms with Gasteiger partial charge in [-0.3, -0.25) is 9.69 Å². The monoisotopic (exact) mass is 550 g/mol. The predicted molar refractivity (Wildman–Crippen MR) is 155 cm³/mol. The van der Waals surface area contributed by atoms with E-state index in [9.17, 15) is 9.90 Å². The van der Waals surface area contributed by atoms with Crippen LogP contribution in [-0.2, 0) is 4.74 Å². The van der Waals surface area contributed by atoms with E-state index in [-0.39, 0.29) is 17.7 Å². The van der Waals surface area contributed by atoms with E-state index in [1.807, 2.05) is 0 Å². The highest BCUT2D eigenvalue weighted by molar-refractivity contribution is 8.05. The lowest BCUT2D eigenvalue weighted by atomic mass is 10.1. The van der Waals surface area contributed by atoms with Gasteiger partial charge in [0.15, 0.2) is 0 Å². The molecule has 3 aliphatic rings. The standard InChI is InChI=1S/C29H34N4O3S2/c1-19(17-32-9-3-4-22(34)18-32)30-20-7-8-25-27(14-20)37-26-6-2-5-23(29(26)38-25)24-15-21(16-28(35)31-24)33-10-12-36-13-11-33/h2,5-8,14-16,19,22,30,34H,3-4,9-13,17-18H2,1H3,(H,31,35). The largest absolute Gasteiger partial charge is 0.392 e. The quantitative estimate of drug-likeness (QED) is 0.317. The number of aromatic nitrogens is 1. The van der Waals surface area contributed by atoms with E-state index in [0.29, 0.717) is 13.2 Å². The molecule has 6 rings (SSSR count). The average molecular weight is 551 g/mol. The molecular weight excluding hydrogens is 516 g/mol. The van der Waals surface area contributed by atoms with Crippen LogP contribution in [0.5, 0.6) is 0 Å². The zero-order valence-corrected chi connectivity index (χ0v) is 23.2. The molecule has 0 amide bonds. The summed E-state index contributed by atoms with van der Waals surface area (Å²) in [6.45, 7) is 7.90. The van der Waals surface area contributed by atoms with Crippen LogP contribution in [0, 0.1) is 0 Å². The summed E-state index contributed by atoms with van der Waals surface area (Å²) in [5.74, 6) is 0. The molecule has 0 saturated carbocycles. The van der Waals surface area contributed by atoms with Crippen molar-refractivity contribution in [1.82, 2.24) is 9.88 Å². The summed E-state index contributed by atoms with van der Waals surface area (Å²) < 4.78 is 5.49. The Kier molecular flexibility index (Phi) is 7.72. The Labute approximate surface area is 232 Å². The number of aliphatic hydroxyl groups is 1. The van der Waals surface area contributed by atoms with Gasteiger partial charge in [-0.05, 0) is 56.6 Å². The average Bonchev–Trinajstić information content (AvgIpc) is 2.91. The second-order valence-electron chi connectivity index (χ2n) is 10.3. The van der Waals surface area contributed by atoms with E-state index >= 15 is 0 Å². The van der Waals surface area contributed by atoms with Crippen molar-refractivity contribution in [3.63, 3.8) is 0 Å². The Bertz CT molecular complexity index is 1360. The van der Waals surface area contributed by atoms with Crippen molar-refractivity contribution in [3.05, 3.63) is 58.9 Å². The minimum atomic E-state index is -0.197. The summed E-state index contributed by atoms with van der Waals surface area (Å²) in [5, 5.41) is 13.6. The van der Waals surface area contributed by atoms with Gasteiger partial charge in [0.1, 0.15) is 0 Å². The number of ether oxygens (including phenoxy) is 1. The third-order valence-electron chi connectivity index (χ3n) is 7.28. The lowest BCUT2D eigenvalue weighted by Crippen LogP contribution is -2.43. The van der Waals surface area contributed by atoms with Crippen LogP contribution in [0.2, 0.25) is 0 Å². The fourth-order valence-electron chi connectivity index (χ4n) is 5.50. The Morgan fingerprint density at radius 3 is 2.79 bits per heavy atom. The van der Waals surface area contributed by atoms with E-state index in [1.165, 1.54) is 19.6 Å². The van der Waals surface area contributed by atoms with Crippen molar-refractivity contribution in [1.29, 1.82) is 0 Å². The second kappa shape index (κ2) is 11.4. The fraction of sp³-hybridized carbons (Fsp3) is 0.414. The fourth-order valence-corrected chi connectivity index (χ4v) is 7.91. The number of aliphatic hydroxyl groups excluding tert-OH is 1. The molecule has 0 radical (unpaired) electrons. The van der Waals surface area contributed by atoms with Crippen LogP contribution in [0.4, 0.5) is 11.4 Å². The molecule has 0 bridgehead atoms. The Balaban J connectivity index is 1.20. The SMILES string of the molecule is CC(CN1CCCC(O)C1)Nc1ccc2c(c1)Sc1cccc(-c3cc(N4CCOCC4)cc(=O)[nH]3)c1S2. The molecule has 7 nitrogen and oxygen atoms in total. The minimum Gasteiger partial charge on any atom is -0.392 e. The van der Waals surface area contributed by atoms with E-state index in [1.54, 1.807) is 29.6 Å². The number of nitrogens with zero attached hydrogens (tertiary/aromatic N) is 2. The number of rotatable bonds is 6. The number of fused-ring (bicyclic) bond motifs is 2. The first-order chi connectivity index (χ1) is 18.5. The van der Waals surface area contributed by atoms with E-state index < -0.39 is 0 Å². The van der Waals surface area contributed by atoms with Gasteiger partial charge in [0.25, 0.3) is 0 Å². The lowest BCUT2D eigenvalue weighted by molar-refractivity contribution is 0.0694.